The number of nitrogens with zero attached hydrogens (tertiary/aromatic N) is 3. The van der Waals surface area contributed by atoms with Crippen molar-refractivity contribution < 1.29 is 41.4 Å². The Hall–Kier alpha value is -3.20. The number of hydrogen-bond donors (Lipinski definition) is 2. The predicted octanol–water partition coefficient (Wildman–Crippen LogP) is 6.20. The van der Waals surface area contributed by atoms with E-state index in [0.29, 0.717) is 50.1 Å². The minimum atomic E-state index is -4.32. The molecule has 260 valence electrons. The molecule has 2 saturated heterocycles. The molecule has 2 aromatic rings. The monoisotopic (exact) mass is 714 g/mol. The Balaban J connectivity index is 1.16. The van der Waals surface area contributed by atoms with Gasteiger partial charge in [0.15, 0.2) is 6.61 Å². The highest BCUT2D eigenvalue weighted by Gasteiger charge is 2.46. The molecule has 2 fully saturated rings. The largest absolute Gasteiger partial charge is 0.486 e. The fourth-order valence-corrected chi connectivity index (χ4v) is 6.94. The quantitative estimate of drug-likeness (QED) is 0.225. The standard InChI is InChI=1S/C33H36ClF5N4O4S/c1-20-15-23(28(44)42-10-6-31(46,18-35)7-11-42)16-21(2)24(20)5-14-48-43-12-8-32(9-13-43)30(45)40-27(41-32)22-3-4-26(25(34)17-22)47-19-33(38,39)29(36)37/h3-5,14-17,29,46H,6-13,18-19H2,1-2H3,(H,40,41,45)/b14-5+. The van der Waals surface area contributed by atoms with Gasteiger partial charge in [0.05, 0.1) is 10.6 Å². The van der Waals surface area contributed by atoms with Crippen LogP contribution in [-0.4, -0.2) is 94.9 Å². The van der Waals surface area contributed by atoms with Crippen molar-refractivity contribution in [3.63, 3.8) is 0 Å². The number of carbonyl (C=O) groups excluding carboxylic acids is 2. The van der Waals surface area contributed by atoms with Crippen LogP contribution in [0.15, 0.2) is 40.7 Å². The molecule has 3 aliphatic rings. The number of carbonyl (C=O) groups is 2. The number of halogens is 6. The minimum Gasteiger partial charge on any atom is -0.486 e. The number of amidine groups is 1. The summed E-state index contributed by atoms with van der Waals surface area (Å²) in [6.45, 7) is 3.28. The van der Waals surface area contributed by atoms with Crippen LogP contribution >= 0.6 is 23.5 Å². The number of alkyl halides is 5. The first kappa shape index (κ1) is 36.1. The predicted molar refractivity (Wildman–Crippen MR) is 175 cm³/mol. The lowest BCUT2D eigenvalue weighted by Crippen LogP contribution is -2.47. The van der Waals surface area contributed by atoms with E-state index in [-0.39, 0.29) is 41.3 Å². The molecule has 0 radical (unpaired) electrons. The number of piperidine rings is 2. The van der Waals surface area contributed by atoms with E-state index in [1.165, 1.54) is 30.1 Å². The second-order valence-electron chi connectivity index (χ2n) is 12.5. The van der Waals surface area contributed by atoms with Crippen LogP contribution < -0.4 is 10.1 Å². The topological polar surface area (TPSA) is 94.5 Å². The summed E-state index contributed by atoms with van der Waals surface area (Å²) in [4.78, 5) is 32.5. The maximum Gasteiger partial charge on any atom is 0.340 e. The Kier molecular flexibility index (Phi) is 10.8. The molecule has 3 aliphatic heterocycles. The summed E-state index contributed by atoms with van der Waals surface area (Å²) < 4.78 is 71.4. The van der Waals surface area contributed by atoms with Gasteiger partial charge < -0.3 is 20.1 Å². The van der Waals surface area contributed by atoms with E-state index in [2.05, 4.69) is 14.6 Å². The van der Waals surface area contributed by atoms with Crippen molar-refractivity contribution in [3.8, 4) is 5.75 Å². The minimum absolute atomic E-state index is 0.0874. The lowest BCUT2D eigenvalue weighted by Gasteiger charge is -2.36. The molecule has 0 aromatic heterocycles. The number of aliphatic hydroxyl groups is 1. The zero-order valence-electron chi connectivity index (χ0n) is 26.4. The average Bonchev–Trinajstić information content (AvgIpc) is 3.37. The van der Waals surface area contributed by atoms with Crippen molar-refractivity contribution >= 4 is 47.3 Å². The van der Waals surface area contributed by atoms with Crippen molar-refractivity contribution in [1.82, 2.24) is 14.5 Å². The fraction of sp³-hybridized carbons (Fsp3) is 0.485. The van der Waals surface area contributed by atoms with Crippen LogP contribution in [0.3, 0.4) is 0 Å². The van der Waals surface area contributed by atoms with Gasteiger partial charge in [0.1, 0.15) is 23.8 Å². The third-order valence-corrected chi connectivity index (χ3v) is 10.2. The first-order valence-corrected chi connectivity index (χ1v) is 16.6. The Labute approximate surface area is 284 Å². The van der Waals surface area contributed by atoms with Gasteiger partial charge in [0.2, 0.25) is 0 Å². The van der Waals surface area contributed by atoms with Crippen LogP contribution in [0.2, 0.25) is 5.02 Å². The van der Waals surface area contributed by atoms with Gasteiger partial charge in [-0.2, -0.15) is 8.78 Å². The maximum absolute atomic E-state index is 13.2. The van der Waals surface area contributed by atoms with E-state index in [4.69, 9.17) is 16.3 Å². The molecule has 0 bridgehead atoms. The van der Waals surface area contributed by atoms with Gasteiger partial charge >= 0.3 is 12.3 Å². The van der Waals surface area contributed by atoms with Gasteiger partial charge in [-0.1, -0.05) is 23.5 Å². The van der Waals surface area contributed by atoms with Crippen molar-refractivity contribution in [2.45, 2.75) is 63.0 Å². The molecular weight excluding hydrogens is 679 g/mol. The molecule has 0 saturated carbocycles. The molecule has 2 amide bonds. The van der Waals surface area contributed by atoms with Gasteiger partial charge in [0, 0.05) is 37.3 Å². The van der Waals surface area contributed by atoms with Crippen molar-refractivity contribution in [1.29, 1.82) is 0 Å². The fourth-order valence-electron chi connectivity index (χ4n) is 5.94. The van der Waals surface area contributed by atoms with Crippen LogP contribution in [0, 0.1) is 13.8 Å². The first-order chi connectivity index (χ1) is 22.6. The molecule has 2 N–H and O–H groups in total. The third-order valence-electron chi connectivity index (χ3n) is 8.99. The van der Waals surface area contributed by atoms with E-state index >= 15 is 0 Å². The van der Waals surface area contributed by atoms with Crippen LogP contribution in [0.5, 0.6) is 5.75 Å². The van der Waals surface area contributed by atoms with Gasteiger partial charge in [-0.15, -0.1) is 0 Å². The molecule has 1 spiro atoms. The van der Waals surface area contributed by atoms with E-state index in [1.807, 2.05) is 37.5 Å². The van der Waals surface area contributed by atoms with Gasteiger partial charge in [-0.25, -0.2) is 17.5 Å². The average molecular weight is 715 g/mol. The zero-order valence-corrected chi connectivity index (χ0v) is 28.0. The molecular formula is C33H36ClF5N4O4S. The molecule has 2 aromatic carbocycles. The zero-order chi connectivity index (χ0) is 34.9. The summed E-state index contributed by atoms with van der Waals surface area (Å²) >= 11 is 7.66. The smallest absolute Gasteiger partial charge is 0.340 e. The molecule has 48 heavy (non-hydrogen) atoms. The molecule has 15 heteroatoms. The Morgan fingerprint density at radius 2 is 1.77 bits per heavy atom. The highest BCUT2D eigenvalue weighted by molar-refractivity contribution is 8.00. The molecule has 5 rings (SSSR count). The molecule has 0 aliphatic carbocycles. The number of likely N-dealkylation sites (tertiary alicyclic amines) is 1. The SMILES string of the molecule is Cc1cc(C(=O)N2CCC(O)(CF)CC2)cc(C)c1/C=C/SN1CCC2(CC1)N=C(c1ccc(OCC(F)(F)C(F)F)c(Cl)c1)NC2=O. The van der Waals surface area contributed by atoms with E-state index in [1.54, 1.807) is 4.90 Å². The third kappa shape index (κ3) is 7.82. The molecule has 3 heterocycles. The van der Waals surface area contributed by atoms with Crippen LogP contribution in [0.4, 0.5) is 22.0 Å². The summed E-state index contributed by atoms with van der Waals surface area (Å²) in [5, 5.41) is 14.8. The number of benzene rings is 2. The van der Waals surface area contributed by atoms with E-state index in [0.717, 1.165) is 16.7 Å². The summed E-state index contributed by atoms with van der Waals surface area (Å²) in [6, 6.07) is 7.79. The number of ether oxygens (including phenoxy) is 1. The van der Waals surface area contributed by atoms with Crippen LogP contribution in [0.25, 0.3) is 6.08 Å². The number of nitrogens with one attached hydrogen (secondary N) is 1. The van der Waals surface area contributed by atoms with Crippen molar-refractivity contribution in [2.75, 3.05) is 39.5 Å². The number of hydrogen-bond acceptors (Lipinski definition) is 7. The Morgan fingerprint density at radius 3 is 2.35 bits per heavy atom. The molecule has 0 atom stereocenters. The summed E-state index contributed by atoms with van der Waals surface area (Å²) in [5.74, 6) is -4.63. The molecule has 0 unspecified atom stereocenters. The van der Waals surface area contributed by atoms with Gasteiger partial charge in [-0.05, 0) is 98.0 Å². The summed E-state index contributed by atoms with van der Waals surface area (Å²) in [6.07, 6.45) is -0.559. The highest BCUT2D eigenvalue weighted by atomic mass is 35.5. The first-order valence-electron chi connectivity index (χ1n) is 15.4. The van der Waals surface area contributed by atoms with Crippen LogP contribution in [0.1, 0.15) is 58.3 Å². The Bertz CT molecular complexity index is 1590. The van der Waals surface area contributed by atoms with E-state index in [9.17, 15) is 36.6 Å². The van der Waals surface area contributed by atoms with Gasteiger partial charge in [-0.3, -0.25) is 14.6 Å². The number of aliphatic imine (C=N–C) groups is 1. The second-order valence-corrected chi connectivity index (χ2v) is 13.9. The van der Waals surface area contributed by atoms with Crippen molar-refractivity contribution in [2.24, 2.45) is 4.99 Å². The normalized spacial score (nSPS) is 19.7. The van der Waals surface area contributed by atoms with Crippen LogP contribution in [-0.2, 0) is 4.79 Å². The highest BCUT2D eigenvalue weighted by Crippen LogP contribution is 2.35. The summed E-state index contributed by atoms with van der Waals surface area (Å²) in [7, 11) is 0. The lowest BCUT2D eigenvalue weighted by molar-refractivity contribution is -0.148. The maximum atomic E-state index is 13.2. The number of aryl methyl sites for hydroxylation is 2. The number of amides is 2. The van der Waals surface area contributed by atoms with E-state index < -0.39 is 36.8 Å². The second kappa shape index (κ2) is 14.3. The summed E-state index contributed by atoms with van der Waals surface area (Å²) in [5.41, 5.74) is 1.51. The van der Waals surface area contributed by atoms with Crippen molar-refractivity contribution in [3.05, 3.63) is 68.6 Å². The molecule has 8 nitrogen and oxygen atoms in total. The lowest BCUT2D eigenvalue weighted by atomic mass is 9.89. The Morgan fingerprint density at radius 1 is 1.12 bits per heavy atom. The number of rotatable bonds is 10. The van der Waals surface area contributed by atoms with Gasteiger partial charge in [0.25, 0.3) is 11.8 Å².